The fourth-order valence-corrected chi connectivity index (χ4v) is 3.16. The highest BCUT2D eigenvalue weighted by molar-refractivity contribution is 7.16. The van der Waals surface area contributed by atoms with Crippen LogP contribution in [0.25, 0.3) is 10.2 Å². The number of anilines is 1. The van der Waals surface area contributed by atoms with Crippen LogP contribution < -0.4 is 4.90 Å². The topological polar surface area (TPSA) is 49.2 Å². The van der Waals surface area contributed by atoms with Crippen molar-refractivity contribution in [2.75, 3.05) is 24.6 Å². The van der Waals surface area contributed by atoms with Crippen LogP contribution in [0, 0.1) is 5.92 Å². The largest absolute Gasteiger partial charge is 0.396 e. The predicted molar refractivity (Wildman–Crippen MR) is 69.4 cm³/mol. The van der Waals surface area contributed by atoms with Crippen molar-refractivity contribution >= 4 is 27.4 Å². The van der Waals surface area contributed by atoms with Gasteiger partial charge in [0.25, 0.3) is 0 Å². The standard InChI is InChI=1S/C12H15N3OS/c16-7-9-2-1-4-15(6-9)11-10-3-5-17-12(10)14-8-13-11/h3,5,8-9,16H,1-2,4,6-7H2. The second kappa shape index (κ2) is 4.58. The molecule has 1 saturated heterocycles. The third kappa shape index (κ3) is 2.00. The molecule has 2 aromatic rings. The highest BCUT2D eigenvalue weighted by Crippen LogP contribution is 2.29. The molecule has 1 N–H and O–H groups in total. The van der Waals surface area contributed by atoms with Crippen LogP contribution in [0.1, 0.15) is 12.8 Å². The number of hydrogen-bond acceptors (Lipinski definition) is 5. The number of hydrogen-bond donors (Lipinski definition) is 1. The number of rotatable bonds is 2. The van der Waals surface area contributed by atoms with Gasteiger partial charge in [-0.2, -0.15) is 0 Å². The van der Waals surface area contributed by atoms with Crippen molar-refractivity contribution in [3.63, 3.8) is 0 Å². The summed E-state index contributed by atoms with van der Waals surface area (Å²) >= 11 is 1.64. The van der Waals surface area contributed by atoms with Gasteiger partial charge in [-0.1, -0.05) is 0 Å². The van der Waals surface area contributed by atoms with Gasteiger partial charge in [0.05, 0.1) is 5.39 Å². The first-order valence-corrected chi connectivity index (χ1v) is 6.80. The number of piperidine rings is 1. The van der Waals surface area contributed by atoms with Crippen LogP contribution in [-0.4, -0.2) is 34.8 Å². The number of thiophene rings is 1. The summed E-state index contributed by atoms with van der Waals surface area (Å²) in [6.45, 7) is 2.20. The number of fused-ring (bicyclic) bond motifs is 1. The molecule has 3 rings (SSSR count). The molecule has 0 radical (unpaired) electrons. The maximum Gasteiger partial charge on any atom is 0.140 e. The predicted octanol–water partition coefficient (Wildman–Crippen LogP) is 1.90. The zero-order chi connectivity index (χ0) is 11.7. The Morgan fingerprint density at radius 3 is 3.29 bits per heavy atom. The Morgan fingerprint density at radius 1 is 1.47 bits per heavy atom. The summed E-state index contributed by atoms with van der Waals surface area (Å²) in [6, 6.07) is 2.08. The van der Waals surface area contributed by atoms with Gasteiger partial charge in [-0.25, -0.2) is 9.97 Å². The lowest BCUT2D eigenvalue weighted by Crippen LogP contribution is -2.37. The lowest BCUT2D eigenvalue weighted by Gasteiger charge is -2.32. The van der Waals surface area contributed by atoms with Crippen LogP contribution in [0.5, 0.6) is 0 Å². The molecule has 0 aliphatic carbocycles. The fourth-order valence-electron chi connectivity index (χ4n) is 2.44. The minimum absolute atomic E-state index is 0.272. The van der Waals surface area contributed by atoms with Gasteiger partial charge in [-0.15, -0.1) is 11.3 Å². The van der Waals surface area contributed by atoms with Crippen molar-refractivity contribution in [2.24, 2.45) is 5.92 Å². The molecule has 1 atom stereocenters. The second-order valence-electron chi connectivity index (χ2n) is 4.47. The van der Waals surface area contributed by atoms with E-state index in [2.05, 4.69) is 26.3 Å². The van der Waals surface area contributed by atoms with Gasteiger partial charge < -0.3 is 10.0 Å². The molecule has 2 aromatic heterocycles. The van der Waals surface area contributed by atoms with Gasteiger partial charge in [-0.3, -0.25) is 0 Å². The van der Waals surface area contributed by atoms with Gasteiger partial charge in [0.15, 0.2) is 0 Å². The van der Waals surface area contributed by atoms with Crippen molar-refractivity contribution in [2.45, 2.75) is 12.8 Å². The monoisotopic (exact) mass is 249 g/mol. The Bertz CT molecular complexity index is 513. The van der Waals surface area contributed by atoms with Crippen molar-refractivity contribution in [3.8, 4) is 0 Å². The number of aliphatic hydroxyl groups is 1. The summed E-state index contributed by atoms with van der Waals surface area (Å²) in [4.78, 5) is 12.0. The molecule has 0 amide bonds. The van der Waals surface area contributed by atoms with Crippen molar-refractivity contribution in [3.05, 3.63) is 17.8 Å². The maximum absolute atomic E-state index is 9.27. The van der Waals surface area contributed by atoms with Crippen LogP contribution in [0.15, 0.2) is 17.8 Å². The molecule has 1 aliphatic heterocycles. The first kappa shape index (κ1) is 10.9. The van der Waals surface area contributed by atoms with E-state index in [-0.39, 0.29) is 6.61 Å². The quantitative estimate of drug-likeness (QED) is 0.883. The van der Waals surface area contributed by atoms with E-state index in [1.54, 1.807) is 17.7 Å². The SMILES string of the molecule is OCC1CCCN(c2ncnc3sccc23)C1. The Hall–Kier alpha value is -1.20. The van der Waals surface area contributed by atoms with Gasteiger partial charge in [0.2, 0.25) is 0 Å². The molecule has 3 heterocycles. The summed E-state index contributed by atoms with van der Waals surface area (Å²) in [6.07, 6.45) is 3.88. The van der Waals surface area contributed by atoms with E-state index >= 15 is 0 Å². The molecule has 5 heteroatoms. The average molecular weight is 249 g/mol. The summed E-state index contributed by atoms with van der Waals surface area (Å²) in [5.74, 6) is 1.40. The second-order valence-corrected chi connectivity index (χ2v) is 5.37. The Balaban J connectivity index is 1.94. The van der Waals surface area contributed by atoms with Crippen molar-refractivity contribution in [1.29, 1.82) is 0 Å². The summed E-state index contributed by atoms with van der Waals surface area (Å²) in [7, 11) is 0. The Morgan fingerprint density at radius 2 is 2.41 bits per heavy atom. The molecule has 1 fully saturated rings. The van der Waals surface area contributed by atoms with Crippen LogP contribution in [-0.2, 0) is 0 Å². The first-order valence-electron chi connectivity index (χ1n) is 5.92. The summed E-state index contributed by atoms with van der Waals surface area (Å²) in [5, 5.41) is 12.5. The maximum atomic E-state index is 9.27. The molecule has 1 unspecified atom stereocenters. The van der Waals surface area contributed by atoms with E-state index < -0.39 is 0 Å². The van der Waals surface area contributed by atoms with Crippen LogP contribution in [0.3, 0.4) is 0 Å². The molecule has 4 nitrogen and oxygen atoms in total. The third-order valence-electron chi connectivity index (χ3n) is 3.32. The average Bonchev–Trinajstić information content (AvgIpc) is 2.87. The van der Waals surface area contributed by atoms with Crippen LogP contribution >= 0.6 is 11.3 Å². The first-order chi connectivity index (χ1) is 8.38. The Kier molecular flexibility index (Phi) is 2.94. The van der Waals surface area contributed by atoms with E-state index in [9.17, 15) is 5.11 Å². The van der Waals surface area contributed by atoms with E-state index in [0.717, 1.165) is 42.0 Å². The minimum atomic E-state index is 0.272. The Labute approximate surface area is 104 Å². The third-order valence-corrected chi connectivity index (χ3v) is 4.14. The smallest absolute Gasteiger partial charge is 0.140 e. The molecule has 17 heavy (non-hydrogen) atoms. The van der Waals surface area contributed by atoms with E-state index in [0.29, 0.717) is 5.92 Å². The summed E-state index contributed by atoms with van der Waals surface area (Å²) in [5.41, 5.74) is 0. The molecule has 0 aromatic carbocycles. The minimum Gasteiger partial charge on any atom is -0.396 e. The lowest BCUT2D eigenvalue weighted by molar-refractivity contribution is 0.208. The summed E-state index contributed by atoms with van der Waals surface area (Å²) < 4.78 is 0. The van der Waals surface area contributed by atoms with Gasteiger partial charge in [0, 0.05) is 19.7 Å². The fraction of sp³-hybridized carbons (Fsp3) is 0.500. The molecular weight excluding hydrogens is 234 g/mol. The van der Waals surface area contributed by atoms with E-state index in [4.69, 9.17) is 0 Å². The van der Waals surface area contributed by atoms with Crippen LogP contribution in [0.4, 0.5) is 5.82 Å². The number of aliphatic hydroxyl groups excluding tert-OH is 1. The molecule has 0 saturated carbocycles. The normalized spacial score (nSPS) is 21.0. The molecule has 90 valence electrons. The van der Waals surface area contributed by atoms with Gasteiger partial charge >= 0.3 is 0 Å². The number of nitrogens with zero attached hydrogens (tertiary/aromatic N) is 3. The zero-order valence-corrected chi connectivity index (χ0v) is 10.4. The molecule has 0 bridgehead atoms. The van der Waals surface area contributed by atoms with Crippen molar-refractivity contribution < 1.29 is 5.11 Å². The highest BCUT2D eigenvalue weighted by atomic mass is 32.1. The lowest BCUT2D eigenvalue weighted by atomic mass is 9.99. The zero-order valence-electron chi connectivity index (χ0n) is 9.54. The molecule has 0 spiro atoms. The van der Waals surface area contributed by atoms with Gasteiger partial charge in [-0.05, 0) is 30.2 Å². The van der Waals surface area contributed by atoms with E-state index in [1.165, 1.54) is 0 Å². The molecule has 1 aliphatic rings. The van der Waals surface area contributed by atoms with E-state index in [1.807, 2.05) is 0 Å². The van der Waals surface area contributed by atoms with Crippen molar-refractivity contribution in [1.82, 2.24) is 9.97 Å². The highest BCUT2D eigenvalue weighted by Gasteiger charge is 2.21. The number of aromatic nitrogens is 2. The van der Waals surface area contributed by atoms with Gasteiger partial charge in [0.1, 0.15) is 17.0 Å². The molecular formula is C12H15N3OS. The van der Waals surface area contributed by atoms with Crippen LogP contribution in [0.2, 0.25) is 0 Å².